The molecule has 5 nitrogen and oxygen atoms in total. The summed E-state index contributed by atoms with van der Waals surface area (Å²) >= 11 is 0. The minimum Gasteiger partial charge on any atom is -0.497 e. The van der Waals surface area contributed by atoms with Crippen LogP contribution in [0.4, 0.5) is 5.69 Å². The van der Waals surface area contributed by atoms with E-state index in [0.29, 0.717) is 12.8 Å². The molecule has 1 aromatic carbocycles. The molecule has 0 amide bonds. The van der Waals surface area contributed by atoms with Crippen molar-refractivity contribution in [3.8, 4) is 5.75 Å². The molecule has 2 unspecified atom stereocenters. The van der Waals surface area contributed by atoms with Crippen molar-refractivity contribution in [3.05, 3.63) is 24.3 Å². The molecule has 1 aliphatic carbocycles. The molecule has 0 heterocycles. The first-order chi connectivity index (χ1) is 12.3. The lowest BCUT2D eigenvalue weighted by Crippen LogP contribution is -2.60. The Morgan fingerprint density at radius 2 is 1.81 bits per heavy atom. The second kappa shape index (κ2) is 8.56. The van der Waals surface area contributed by atoms with Crippen LogP contribution in [0.3, 0.4) is 0 Å². The maximum Gasteiger partial charge on any atom is 0.333 e. The van der Waals surface area contributed by atoms with E-state index in [9.17, 15) is 9.59 Å². The molecule has 2 rings (SSSR count). The van der Waals surface area contributed by atoms with Crippen molar-refractivity contribution in [2.45, 2.75) is 65.0 Å². The number of rotatable bonds is 7. The molecule has 1 N–H and O–H groups in total. The van der Waals surface area contributed by atoms with Crippen molar-refractivity contribution in [1.29, 1.82) is 0 Å². The molecule has 0 saturated heterocycles. The van der Waals surface area contributed by atoms with Crippen LogP contribution in [0.2, 0.25) is 0 Å². The lowest BCUT2D eigenvalue weighted by molar-refractivity contribution is -0.160. The lowest BCUT2D eigenvalue weighted by atomic mass is 9.68. The Morgan fingerprint density at radius 3 is 2.31 bits per heavy atom. The maximum absolute atomic E-state index is 13.2. The standard InChI is InChI=1S/C21H31NO4/c1-14(2)21(20(24)26-15(3)4,18-8-6-7-9-19(18)23)22-16-10-12-17(25-5)13-11-16/h10-15,18,22H,6-9H2,1-5H3. The van der Waals surface area contributed by atoms with Crippen molar-refractivity contribution in [2.24, 2.45) is 11.8 Å². The summed E-state index contributed by atoms with van der Waals surface area (Å²) in [5.41, 5.74) is -0.297. The first-order valence-corrected chi connectivity index (χ1v) is 9.47. The van der Waals surface area contributed by atoms with E-state index in [4.69, 9.17) is 9.47 Å². The lowest BCUT2D eigenvalue weighted by Gasteiger charge is -2.44. The predicted molar refractivity (Wildman–Crippen MR) is 102 cm³/mol. The number of ketones is 1. The Morgan fingerprint density at radius 1 is 1.15 bits per heavy atom. The van der Waals surface area contributed by atoms with Gasteiger partial charge in [-0.25, -0.2) is 4.79 Å². The molecule has 0 spiro atoms. The molecule has 0 bridgehead atoms. The van der Waals surface area contributed by atoms with Crippen molar-refractivity contribution >= 4 is 17.4 Å². The zero-order valence-electron chi connectivity index (χ0n) is 16.5. The van der Waals surface area contributed by atoms with Gasteiger partial charge in [0.05, 0.1) is 19.1 Å². The maximum atomic E-state index is 13.2. The van der Waals surface area contributed by atoms with Gasteiger partial charge < -0.3 is 14.8 Å². The molecule has 26 heavy (non-hydrogen) atoms. The number of anilines is 1. The third kappa shape index (κ3) is 4.19. The van der Waals surface area contributed by atoms with Gasteiger partial charge in [0.2, 0.25) is 0 Å². The van der Waals surface area contributed by atoms with E-state index in [1.54, 1.807) is 7.11 Å². The smallest absolute Gasteiger partial charge is 0.333 e. The molecule has 0 aliphatic heterocycles. The van der Waals surface area contributed by atoms with E-state index in [-0.39, 0.29) is 29.7 Å². The first-order valence-electron chi connectivity index (χ1n) is 9.47. The Hall–Kier alpha value is -2.04. The fourth-order valence-electron chi connectivity index (χ4n) is 3.75. The van der Waals surface area contributed by atoms with Crippen LogP contribution in [0.5, 0.6) is 5.75 Å². The van der Waals surface area contributed by atoms with Gasteiger partial charge in [0.25, 0.3) is 0 Å². The van der Waals surface area contributed by atoms with Crippen LogP contribution in [-0.2, 0) is 14.3 Å². The van der Waals surface area contributed by atoms with Gasteiger partial charge in [-0.15, -0.1) is 0 Å². The zero-order chi connectivity index (χ0) is 19.3. The molecule has 2 atom stereocenters. The molecular weight excluding hydrogens is 330 g/mol. The summed E-state index contributed by atoms with van der Waals surface area (Å²) in [6.45, 7) is 7.61. The summed E-state index contributed by atoms with van der Waals surface area (Å²) in [7, 11) is 1.61. The second-order valence-corrected chi connectivity index (χ2v) is 7.60. The molecule has 144 valence electrons. The monoisotopic (exact) mass is 361 g/mol. The van der Waals surface area contributed by atoms with E-state index in [1.807, 2.05) is 52.0 Å². The van der Waals surface area contributed by atoms with Crippen LogP contribution in [0.15, 0.2) is 24.3 Å². The first kappa shape index (κ1) is 20.3. The van der Waals surface area contributed by atoms with E-state index in [1.165, 1.54) is 0 Å². The van der Waals surface area contributed by atoms with Gasteiger partial charge in [0, 0.05) is 12.1 Å². The number of benzene rings is 1. The highest BCUT2D eigenvalue weighted by atomic mass is 16.5. The highest BCUT2D eigenvalue weighted by Crippen LogP contribution is 2.39. The molecule has 1 aliphatic rings. The Labute approximate surface area is 156 Å². The molecule has 1 saturated carbocycles. The molecule has 1 aromatic rings. The Kier molecular flexibility index (Phi) is 6.68. The van der Waals surface area contributed by atoms with Crippen LogP contribution in [0.25, 0.3) is 0 Å². The topological polar surface area (TPSA) is 64.6 Å². The Bertz CT molecular complexity index is 623. The largest absolute Gasteiger partial charge is 0.497 e. The summed E-state index contributed by atoms with van der Waals surface area (Å²) in [5.74, 6) is 0.0435. The van der Waals surface area contributed by atoms with Crippen molar-refractivity contribution in [2.75, 3.05) is 12.4 Å². The minimum absolute atomic E-state index is 0.108. The number of hydrogen-bond acceptors (Lipinski definition) is 5. The minimum atomic E-state index is -1.07. The average molecular weight is 361 g/mol. The van der Waals surface area contributed by atoms with Gasteiger partial charge in [0.15, 0.2) is 0 Å². The van der Waals surface area contributed by atoms with E-state index < -0.39 is 5.54 Å². The van der Waals surface area contributed by atoms with Gasteiger partial charge in [-0.3, -0.25) is 4.79 Å². The second-order valence-electron chi connectivity index (χ2n) is 7.60. The number of methoxy groups -OCH3 is 1. The quantitative estimate of drug-likeness (QED) is 0.737. The number of esters is 1. The van der Waals surface area contributed by atoms with Gasteiger partial charge in [0.1, 0.15) is 17.1 Å². The molecule has 1 fully saturated rings. The van der Waals surface area contributed by atoms with Crippen LogP contribution in [0, 0.1) is 11.8 Å². The predicted octanol–water partition coefficient (Wildman–Crippen LogP) is 4.21. The highest BCUT2D eigenvalue weighted by molar-refractivity contribution is 5.95. The third-order valence-electron chi connectivity index (χ3n) is 5.14. The summed E-state index contributed by atoms with van der Waals surface area (Å²) in [6, 6.07) is 7.41. The van der Waals surface area contributed by atoms with Crippen molar-refractivity contribution < 1.29 is 19.1 Å². The number of carbonyl (C=O) groups is 2. The third-order valence-corrected chi connectivity index (χ3v) is 5.14. The molecular formula is C21H31NO4. The molecule has 5 heteroatoms. The van der Waals surface area contributed by atoms with Gasteiger partial charge >= 0.3 is 5.97 Å². The Balaban J connectivity index is 2.46. The van der Waals surface area contributed by atoms with Crippen LogP contribution in [0.1, 0.15) is 53.4 Å². The number of hydrogen-bond donors (Lipinski definition) is 1. The van der Waals surface area contributed by atoms with Crippen LogP contribution < -0.4 is 10.1 Å². The number of carbonyl (C=O) groups excluding carboxylic acids is 2. The SMILES string of the molecule is COc1ccc(NC(C(=O)OC(C)C)(C(C)C)C2CCCCC2=O)cc1. The number of ether oxygens (including phenoxy) is 2. The normalized spacial score (nSPS) is 20.0. The summed E-state index contributed by atoms with van der Waals surface area (Å²) in [6.07, 6.45) is 2.83. The van der Waals surface area contributed by atoms with E-state index in [2.05, 4.69) is 5.32 Å². The fourth-order valence-corrected chi connectivity index (χ4v) is 3.75. The number of Topliss-reactive ketones (excluding diaryl/α,β-unsaturated/α-hetero) is 1. The van der Waals surface area contributed by atoms with E-state index >= 15 is 0 Å². The molecule has 0 radical (unpaired) electrons. The van der Waals surface area contributed by atoms with Gasteiger partial charge in [-0.1, -0.05) is 20.3 Å². The van der Waals surface area contributed by atoms with E-state index in [0.717, 1.165) is 24.3 Å². The summed E-state index contributed by atoms with van der Waals surface area (Å²) < 4.78 is 10.8. The summed E-state index contributed by atoms with van der Waals surface area (Å²) in [4.78, 5) is 26.0. The fraction of sp³-hybridized carbons (Fsp3) is 0.619. The van der Waals surface area contributed by atoms with Crippen molar-refractivity contribution in [3.63, 3.8) is 0 Å². The average Bonchev–Trinajstić information content (AvgIpc) is 2.60. The highest BCUT2D eigenvalue weighted by Gasteiger charge is 2.53. The van der Waals surface area contributed by atoms with Crippen molar-refractivity contribution in [1.82, 2.24) is 0 Å². The molecule has 0 aromatic heterocycles. The summed E-state index contributed by atoms with van der Waals surface area (Å²) in [5, 5.41) is 3.40. The van der Waals surface area contributed by atoms with Crippen LogP contribution >= 0.6 is 0 Å². The van der Waals surface area contributed by atoms with Gasteiger partial charge in [-0.05, 0) is 56.9 Å². The van der Waals surface area contributed by atoms with Gasteiger partial charge in [-0.2, -0.15) is 0 Å². The number of nitrogens with one attached hydrogen (secondary N) is 1. The zero-order valence-corrected chi connectivity index (χ0v) is 16.5. The van der Waals surface area contributed by atoms with Crippen LogP contribution in [-0.4, -0.2) is 30.5 Å².